The van der Waals surface area contributed by atoms with Crippen molar-refractivity contribution in [2.45, 2.75) is 23.8 Å². The molecule has 1 atom stereocenters. The Labute approximate surface area is 188 Å². The van der Waals surface area contributed by atoms with Crippen molar-refractivity contribution in [3.63, 3.8) is 0 Å². The number of rotatable bonds is 8. The third-order valence-corrected chi connectivity index (χ3v) is 6.63. The first-order valence-electron chi connectivity index (χ1n) is 9.70. The zero-order chi connectivity index (χ0) is 24.1. The fraction of sp³-hybridized carbons (Fsp3) is 0.286. The molecule has 12 heteroatoms. The SMILES string of the molecule is N#Cc1cccc(C(CO)ONC2=CCN(S(=O)(=O)c3ccc(OC(F)(F)F)cc3)CC2)c1. The molecule has 33 heavy (non-hydrogen) atoms. The lowest BCUT2D eigenvalue weighted by Gasteiger charge is -2.27. The van der Waals surface area contributed by atoms with E-state index in [0.717, 1.165) is 24.3 Å². The molecule has 1 aliphatic rings. The van der Waals surface area contributed by atoms with E-state index in [0.29, 0.717) is 16.8 Å². The first-order chi connectivity index (χ1) is 15.6. The number of nitrogens with zero attached hydrogens (tertiary/aromatic N) is 2. The minimum Gasteiger partial charge on any atom is -0.406 e. The average Bonchev–Trinajstić information content (AvgIpc) is 2.79. The molecule has 0 aromatic heterocycles. The Balaban J connectivity index is 1.60. The molecule has 0 bridgehead atoms. The second-order valence-corrected chi connectivity index (χ2v) is 8.93. The van der Waals surface area contributed by atoms with Crippen LogP contribution in [0.15, 0.2) is 65.2 Å². The van der Waals surface area contributed by atoms with E-state index in [2.05, 4.69) is 10.2 Å². The van der Waals surface area contributed by atoms with Crippen molar-refractivity contribution in [1.82, 2.24) is 9.79 Å². The Morgan fingerprint density at radius 2 is 1.94 bits per heavy atom. The summed E-state index contributed by atoms with van der Waals surface area (Å²) in [5.74, 6) is -0.512. The van der Waals surface area contributed by atoms with Crippen molar-refractivity contribution < 1.29 is 36.3 Å². The van der Waals surface area contributed by atoms with Gasteiger partial charge in [-0.1, -0.05) is 12.1 Å². The van der Waals surface area contributed by atoms with Gasteiger partial charge in [-0.3, -0.25) is 10.3 Å². The summed E-state index contributed by atoms with van der Waals surface area (Å²) < 4.78 is 67.3. The highest BCUT2D eigenvalue weighted by Gasteiger charge is 2.32. The van der Waals surface area contributed by atoms with Gasteiger partial charge in [0.05, 0.1) is 23.1 Å². The molecule has 176 valence electrons. The molecule has 0 amide bonds. The number of aliphatic hydroxyl groups is 1. The molecular formula is C21H20F3N3O5S. The van der Waals surface area contributed by atoms with Gasteiger partial charge in [-0.05, 0) is 48.0 Å². The molecule has 0 saturated carbocycles. The van der Waals surface area contributed by atoms with Gasteiger partial charge in [-0.25, -0.2) is 8.42 Å². The smallest absolute Gasteiger partial charge is 0.406 e. The van der Waals surface area contributed by atoms with Gasteiger partial charge in [0.2, 0.25) is 10.0 Å². The maximum absolute atomic E-state index is 12.8. The summed E-state index contributed by atoms with van der Waals surface area (Å²) in [5, 5.41) is 18.6. The lowest BCUT2D eigenvalue weighted by molar-refractivity contribution is -0.274. The predicted molar refractivity (Wildman–Crippen MR) is 110 cm³/mol. The van der Waals surface area contributed by atoms with Gasteiger partial charge < -0.3 is 9.84 Å². The third kappa shape index (κ3) is 6.45. The Hall–Kier alpha value is -3.11. The number of ether oxygens (including phenoxy) is 1. The van der Waals surface area contributed by atoms with E-state index in [1.807, 2.05) is 6.07 Å². The Kier molecular flexibility index (Phi) is 7.60. The average molecular weight is 483 g/mol. The van der Waals surface area contributed by atoms with Crippen molar-refractivity contribution >= 4 is 10.0 Å². The molecule has 0 saturated heterocycles. The number of halogens is 3. The fourth-order valence-corrected chi connectivity index (χ4v) is 4.47. The number of nitrogens with one attached hydrogen (secondary N) is 1. The van der Waals surface area contributed by atoms with E-state index in [1.165, 1.54) is 4.31 Å². The van der Waals surface area contributed by atoms with Crippen molar-refractivity contribution in [1.29, 1.82) is 5.26 Å². The van der Waals surface area contributed by atoms with Crippen LogP contribution in [0.2, 0.25) is 0 Å². The van der Waals surface area contributed by atoms with Crippen molar-refractivity contribution in [2.24, 2.45) is 0 Å². The van der Waals surface area contributed by atoms with Gasteiger partial charge in [0.15, 0.2) is 0 Å². The van der Waals surface area contributed by atoms with Gasteiger partial charge in [0, 0.05) is 25.2 Å². The van der Waals surface area contributed by atoms with Crippen molar-refractivity contribution in [2.75, 3.05) is 19.7 Å². The number of sulfonamides is 1. The van der Waals surface area contributed by atoms with Crippen molar-refractivity contribution in [3.05, 3.63) is 71.4 Å². The number of benzene rings is 2. The first kappa shape index (κ1) is 24.5. The molecule has 0 radical (unpaired) electrons. The lowest BCUT2D eigenvalue weighted by atomic mass is 10.1. The monoisotopic (exact) mass is 483 g/mol. The zero-order valence-electron chi connectivity index (χ0n) is 17.1. The van der Waals surface area contributed by atoms with Crippen LogP contribution < -0.4 is 10.2 Å². The number of hydroxylamine groups is 1. The highest BCUT2D eigenvalue weighted by atomic mass is 32.2. The van der Waals surface area contributed by atoms with Crippen LogP contribution in [0.4, 0.5) is 13.2 Å². The van der Waals surface area contributed by atoms with Gasteiger partial charge in [-0.2, -0.15) is 9.57 Å². The standard InChI is InChI=1S/C21H20F3N3O5S/c22-21(23,24)31-18-4-6-19(7-5-18)33(29,30)27-10-8-17(9-11-27)26-32-20(14-28)16-3-1-2-15(12-16)13-25/h1-8,12,20,26,28H,9-11,14H2. The molecule has 2 N–H and O–H groups in total. The van der Waals surface area contributed by atoms with Crippen LogP contribution in [-0.4, -0.2) is 43.9 Å². The maximum Gasteiger partial charge on any atom is 0.573 e. The molecule has 1 aliphatic heterocycles. The molecule has 2 aromatic rings. The van der Waals surface area contributed by atoms with E-state index in [9.17, 15) is 26.7 Å². The van der Waals surface area contributed by atoms with Gasteiger partial charge in [0.25, 0.3) is 0 Å². The summed E-state index contributed by atoms with van der Waals surface area (Å²) in [4.78, 5) is 5.37. The number of hydrogen-bond donors (Lipinski definition) is 2. The van der Waals surface area contributed by atoms with E-state index >= 15 is 0 Å². The molecule has 3 rings (SSSR count). The Morgan fingerprint density at radius 3 is 2.52 bits per heavy atom. The Bertz CT molecular complexity index is 1140. The van der Waals surface area contributed by atoms with Gasteiger partial charge in [-0.15, -0.1) is 13.2 Å². The van der Waals surface area contributed by atoms with Crippen LogP contribution in [0.3, 0.4) is 0 Å². The van der Waals surface area contributed by atoms with Gasteiger partial charge >= 0.3 is 6.36 Å². The second-order valence-electron chi connectivity index (χ2n) is 6.99. The molecule has 0 spiro atoms. The molecular weight excluding hydrogens is 463 g/mol. The van der Waals surface area contributed by atoms with E-state index < -0.39 is 28.2 Å². The van der Waals surface area contributed by atoms with Gasteiger partial charge in [0.1, 0.15) is 11.9 Å². The minimum atomic E-state index is -4.86. The number of nitriles is 1. The lowest BCUT2D eigenvalue weighted by Crippen LogP contribution is -2.37. The summed E-state index contributed by atoms with van der Waals surface area (Å²) >= 11 is 0. The van der Waals surface area contributed by atoms with Crippen molar-refractivity contribution in [3.8, 4) is 11.8 Å². The number of hydrogen-bond acceptors (Lipinski definition) is 7. The Morgan fingerprint density at radius 1 is 1.21 bits per heavy atom. The second kappa shape index (κ2) is 10.2. The third-order valence-electron chi connectivity index (χ3n) is 4.75. The molecule has 8 nitrogen and oxygen atoms in total. The van der Waals surface area contributed by atoms with Crippen LogP contribution in [0, 0.1) is 11.3 Å². The molecule has 1 unspecified atom stereocenters. The topological polar surface area (TPSA) is 112 Å². The number of alkyl halides is 3. The van der Waals surface area contributed by atoms with E-state index in [-0.39, 0.29) is 31.0 Å². The molecule has 1 heterocycles. The fourth-order valence-electron chi connectivity index (χ4n) is 3.09. The van der Waals surface area contributed by atoms with E-state index in [4.69, 9.17) is 10.1 Å². The predicted octanol–water partition coefficient (Wildman–Crippen LogP) is 2.99. The number of aliphatic hydroxyl groups excluding tert-OH is 1. The summed E-state index contributed by atoms with van der Waals surface area (Å²) in [5.41, 5.74) is 4.35. The highest BCUT2D eigenvalue weighted by Crippen LogP contribution is 2.26. The first-order valence-corrected chi connectivity index (χ1v) is 11.1. The van der Waals surface area contributed by atoms with Crippen LogP contribution in [0.25, 0.3) is 0 Å². The van der Waals surface area contributed by atoms with Crippen LogP contribution in [-0.2, 0) is 14.9 Å². The van der Waals surface area contributed by atoms with Crippen LogP contribution in [0.5, 0.6) is 5.75 Å². The normalized spacial score (nSPS) is 15.9. The van der Waals surface area contributed by atoms with Crippen LogP contribution in [0.1, 0.15) is 23.7 Å². The largest absolute Gasteiger partial charge is 0.573 e. The highest BCUT2D eigenvalue weighted by molar-refractivity contribution is 7.89. The van der Waals surface area contributed by atoms with Crippen LogP contribution >= 0.6 is 0 Å². The maximum atomic E-state index is 12.8. The quantitative estimate of drug-likeness (QED) is 0.555. The van der Waals surface area contributed by atoms with E-state index in [1.54, 1.807) is 30.3 Å². The molecule has 0 fully saturated rings. The summed E-state index contributed by atoms with van der Waals surface area (Å²) in [6, 6.07) is 12.6. The minimum absolute atomic E-state index is 0.0164. The zero-order valence-corrected chi connectivity index (χ0v) is 17.9. The summed E-state index contributed by atoms with van der Waals surface area (Å²) in [7, 11) is -3.92. The molecule has 0 aliphatic carbocycles. The summed E-state index contributed by atoms with van der Waals surface area (Å²) in [6.07, 6.45) is -3.72. The summed E-state index contributed by atoms with van der Waals surface area (Å²) in [6.45, 7) is -0.217. The molecule has 2 aromatic carbocycles.